The van der Waals surface area contributed by atoms with Gasteiger partial charge in [-0.05, 0) is 13.0 Å². The number of anilines is 1. The molecule has 1 aromatic carbocycles. The third-order valence-corrected chi connectivity index (χ3v) is 1.89. The maximum atomic E-state index is 10.6. The largest absolute Gasteiger partial charge is 0.479 e. The topological polar surface area (TPSA) is 95.6 Å². The number of carboxylic acid groups (broad SMARTS) is 1. The van der Waals surface area contributed by atoms with Crippen LogP contribution in [0.1, 0.15) is 17.2 Å². The van der Waals surface area contributed by atoms with Crippen LogP contribution < -0.4 is 11.3 Å². The SMILES string of the molecule is Cc1ccc(NN)c(C(O)C(=O)O)c1. The van der Waals surface area contributed by atoms with Crippen molar-refractivity contribution in [2.45, 2.75) is 13.0 Å². The van der Waals surface area contributed by atoms with Gasteiger partial charge in [0.25, 0.3) is 0 Å². The van der Waals surface area contributed by atoms with E-state index in [1.807, 2.05) is 0 Å². The summed E-state index contributed by atoms with van der Waals surface area (Å²) >= 11 is 0. The average molecular weight is 196 g/mol. The standard InChI is InChI=1S/C9H12N2O3/c1-5-2-3-7(11-10)6(4-5)8(12)9(13)14/h2-4,8,11-12H,10H2,1H3,(H,13,14). The van der Waals surface area contributed by atoms with Crippen LogP contribution in [0.15, 0.2) is 18.2 Å². The fourth-order valence-electron chi connectivity index (χ4n) is 1.17. The summed E-state index contributed by atoms with van der Waals surface area (Å²) in [5, 5.41) is 18.0. The second-order valence-electron chi connectivity index (χ2n) is 2.98. The van der Waals surface area contributed by atoms with E-state index in [0.717, 1.165) is 5.56 Å². The van der Waals surface area contributed by atoms with Crippen LogP contribution in [0.3, 0.4) is 0 Å². The molecular weight excluding hydrogens is 184 g/mol. The predicted octanol–water partition coefficient (Wildman–Crippen LogP) is 0.399. The van der Waals surface area contributed by atoms with Gasteiger partial charge in [0.15, 0.2) is 6.10 Å². The van der Waals surface area contributed by atoms with Gasteiger partial charge in [0, 0.05) is 5.56 Å². The van der Waals surface area contributed by atoms with Crippen molar-refractivity contribution in [2.75, 3.05) is 5.43 Å². The fraction of sp³-hybridized carbons (Fsp3) is 0.222. The number of nitrogens with two attached hydrogens (primary N) is 1. The van der Waals surface area contributed by atoms with Gasteiger partial charge < -0.3 is 15.6 Å². The summed E-state index contributed by atoms with van der Waals surface area (Å²) in [6.07, 6.45) is -1.55. The van der Waals surface area contributed by atoms with Crippen molar-refractivity contribution in [2.24, 2.45) is 5.84 Å². The monoisotopic (exact) mass is 196 g/mol. The van der Waals surface area contributed by atoms with Crippen LogP contribution in [0, 0.1) is 6.92 Å². The number of hydrogen-bond donors (Lipinski definition) is 4. The molecule has 0 saturated heterocycles. The van der Waals surface area contributed by atoms with E-state index in [1.54, 1.807) is 25.1 Å². The van der Waals surface area contributed by atoms with Gasteiger partial charge in [-0.25, -0.2) is 4.79 Å². The number of nitrogens with one attached hydrogen (secondary N) is 1. The summed E-state index contributed by atoms with van der Waals surface area (Å²) in [6, 6.07) is 4.97. The third kappa shape index (κ3) is 2.01. The molecule has 0 heterocycles. The van der Waals surface area contributed by atoms with Crippen LogP contribution in [0.5, 0.6) is 0 Å². The lowest BCUT2D eigenvalue weighted by atomic mass is 10.0. The fourth-order valence-corrected chi connectivity index (χ4v) is 1.17. The number of hydrogen-bond acceptors (Lipinski definition) is 4. The minimum absolute atomic E-state index is 0.264. The molecule has 0 aliphatic carbocycles. The Balaban J connectivity index is 3.16. The van der Waals surface area contributed by atoms with E-state index < -0.39 is 12.1 Å². The molecule has 14 heavy (non-hydrogen) atoms. The maximum Gasteiger partial charge on any atom is 0.337 e. The summed E-state index contributed by atoms with van der Waals surface area (Å²) in [7, 11) is 0. The first kappa shape index (κ1) is 10.5. The maximum absolute atomic E-state index is 10.6. The number of rotatable bonds is 3. The number of hydrazine groups is 1. The van der Waals surface area contributed by atoms with Crippen LogP contribution in [0.2, 0.25) is 0 Å². The number of aliphatic hydroxyl groups excluding tert-OH is 1. The molecule has 0 bridgehead atoms. The molecule has 0 aliphatic rings. The molecule has 0 amide bonds. The van der Waals surface area contributed by atoms with Crippen molar-refractivity contribution in [1.29, 1.82) is 0 Å². The number of aliphatic hydroxyl groups is 1. The molecule has 76 valence electrons. The lowest BCUT2D eigenvalue weighted by Crippen LogP contribution is -2.16. The van der Waals surface area contributed by atoms with Crippen LogP contribution in [-0.2, 0) is 4.79 Å². The normalized spacial score (nSPS) is 12.2. The molecule has 0 saturated carbocycles. The molecular formula is C9H12N2O3. The molecule has 5 nitrogen and oxygen atoms in total. The highest BCUT2D eigenvalue weighted by molar-refractivity contribution is 5.77. The molecule has 1 aromatic rings. The molecule has 0 radical (unpaired) electrons. The van der Waals surface area contributed by atoms with Gasteiger partial charge in [0.05, 0.1) is 5.69 Å². The van der Waals surface area contributed by atoms with E-state index in [0.29, 0.717) is 5.69 Å². The minimum Gasteiger partial charge on any atom is -0.479 e. The van der Waals surface area contributed by atoms with Crippen molar-refractivity contribution in [3.63, 3.8) is 0 Å². The number of nitrogen functional groups attached to an aromatic ring is 1. The van der Waals surface area contributed by atoms with Crippen LogP contribution in [0.25, 0.3) is 0 Å². The molecule has 0 spiro atoms. The van der Waals surface area contributed by atoms with E-state index in [1.165, 1.54) is 0 Å². The van der Waals surface area contributed by atoms with Crippen molar-refractivity contribution >= 4 is 11.7 Å². The van der Waals surface area contributed by atoms with Crippen LogP contribution in [0.4, 0.5) is 5.69 Å². The van der Waals surface area contributed by atoms with Gasteiger partial charge in [-0.2, -0.15) is 0 Å². The van der Waals surface area contributed by atoms with Gasteiger partial charge in [-0.15, -0.1) is 0 Å². The number of carboxylic acids is 1. The van der Waals surface area contributed by atoms with Crippen molar-refractivity contribution in [3.8, 4) is 0 Å². The summed E-state index contributed by atoms with van der Waals surface area (Å²) in [4.78, 5) is 10.6. The van der Waals surface area contributed by atoms with Crippen molar-refractivity contribution in [1.82, 2.24) is 0 Å². The zero-order valence-electron chi connectivity index (χ0n) is 7.69. The van der Waals surface area contributed by atoms with E-state index in [4.69, 9.17) is 10.9 Å². The Labute approximate surface area is 81.1 Å². The second kappa shape index (κ2) is 4.08. The number of aliphatic carboxylic acids is 1. The molecule has 0 aromatic heterocycles. The molecule has 1 atom stereocenters. The Hall–Kier alpha value is -1.59. The molecule has 5 heteroatoms. The van der Waals surface area contributed by atoms with Gasteiger partial charge in [0.1, 0.15) is 0 Å². The van der Waals surface area contributed by atoms with E-state index >= 15 is 0 Å². The van der Waals surface area contributed by atoms with Gasteiger partial charge >= 0.3 is 5.97 Å². The smallest absolute Gasteiger partial charge is 0.337 e. The lowest BCUT2D eigenvalue weighted by molar-refractivity contribution is -0.146. The Morgan fingerprint density at radius 1 is 1.57 bits per heavy atom. The quantitative estimate of drug-likeness (QED) is 0.414. The Morgan fingerprint density at radius 2 is 2.21 bits per heavy atom. The Kier molecular flexibility index (Phi) is 3.06. The first-order valence-corrected chi connectivity index (χ1v) is 4.04. The highest BCUT2D eigenvalue weighted by Gasteiger charge is 2.19. The van der Waals surface area contributed by atoms with Crippen LogP contribution >= 0.6 is 0 Å². The lowest BCUT2D eigenvalue weighted by Gasteiger charge is -2.12. The summed E-state index contributed by atoms with van der Waals surface area (Å²) in [5.74, 6) is 3.89. The summed E-state index contributed by atoms with van der Waals surface area (Å²) < 4.78 is 0. The number of aryl methyl sites for hydroxylation is 1. The first-order valence-electron chi connectivity index (χ1n) is 4.04. The Bertz CT molecular complexity index is 352. The number of carbonyl (C=O) groups is 1. The molecule has 0 aliphatic heterocycles. The third-order valence-electron chi connectivity index (χ3n) is 1.89. The van der Waals surface area contributed by atoms with Crippen LogP contribution in [-0.4, -0.2) is 16.2 Å². The first-order chi connectivity index (χ1) is 6.56. The van der Waals surface area contributed by atoms with Crippen molar-refractivity contribution in [3.05, 3.63) is 29.3 Å². The van der Waals surface area contributed by atoms with Gasteiger partial charge in [0.2, 0.25) is 0 Å². The minimum atomic E-state index is -1.55. The summed E-state index contributed by atoms with van der Waals surface area (Å²) in [6.45, 7) is 1.80. The highest BCUT2D eigenvalue weighted by atomic mass is 16.4. The summed E-state index contributed by atoms with van der Waals surface area (Å²) in [5.41, 5.74) is 3.87. The van der Waals surface area contributed by atoms with E-state index in [-0.39, 0.29) is 5.56 Å². The van der Waals surface area contributed by atoms with E-state index in [9.17, 15) is 9.90 Å². The van der Waals surface area contributed by atoms with Crippen molar-refractivity contribution < 1.29 is 15.0 Å². The molecule has 1 rings (SSSR count). The molecule has 0 fully saturated rings. The zero-order valence-corrected chi connectivity index (χ0v) is 7.69. The molecule has 1 unspecified atom stereocenters. The second-order valence-corrected chi connectivity index (χ2v) is 2.98. The van der Waals surface area contributed by atoms with Gasteiger partial charge in [-0.1, -0.05) is 17.7 Å². The van der Waals surface area contributed by atoms with Gasteiger partial charge in [-0.3, -0.25) is 5.84 Å². The number of benzene rings is 1. The zero-order chi connectivity index (χ0) is 10.7. The predicted molar refractivity (Wildman–Crippen MR) is 51.6 cm³/mol. The Morgan fingerprint density at radius 3 is 2.71 bits per heavy atom. The average Bonchev–Trinajstić information content (AvgIpc) is 2.16. The highest BCUT2D eigenvalue weighted by Crippen LogP contribution is 2.23. The molecule has 5 N–H and O–H groups in total. The van der Waals surface area contributed by atoms with E-state index in [2.05, 4.69) is 5.43 Å².